The van der Waals surface area contributed by atoms with Gasteiger partial charge in [0.2, 0.25) is 0 Å². The maximum absolute atomic E-state index is 13.1. The molecule has 1 aromatic heterocycles. The second-order valence-electron chi connectivity index (χ2n) is 7.15. The molecule has 0 aliphatic carbocycles. The number of nitrogens with one attached hydrogen (secondary N) is 1. The molecule has 0 fully saturated rings. The first-order valence-electron chi connectivity index (χ1n) is 9.20. The first-order valence-corrected chi connectivity index (χ1v) is 9.20. The Hall–Kier alpha value is -3.66. The number of benzene rings is 3. The number of imide groups is 1. The standard InChI is InChI=1S/C24H18N2O2/c1-14-20(18-9-5-6-10-19(18)25-14)22-21(23(27)26(2)24(22)28)17-12-11-15-7-3-4-8-16(15)13-17/h3-13,25H,1-2H3. The van der Waals surface area contributed by atoms with E-state index in [1.54, 1.807) is 7.05 Å². The number of aromatic amines is 1. The van der Waals surface area contributed by atoms with Gasteiger partial charge in [-0.15, -0.1) is 0 Å². The molecule has 1 aliphatic rings. The van der Waals surface area contributed by atoms with Gasteiger partial charge >= 0.3 is 0 Å². The van der Waals surface area contributed by atoms with Crippen molar-refractivity contribution in [1.82, 2.24) is 9.88 Å². The average molecular weight is 366 g/mol. The van der Waals surface area contributed by atoms with E-state index in [1.165, 1.54) is 4.90 Å². The number of nitrogens with zero attached hydrogens (tertiary/aromatic N) is 1. The van der Waals surface area contributed by atoms with Crippen LogP contribution in [0.3, 0.4) is 0 Å². The molecule has 3 aromatic carbocycles. The fourth-order valence-electron chi connectivity index (χ4n) is 4.08. The first-order chi connectivity index (χ1) is 13.6. The molecule has 0 unspecified atom stereocenters. The molecule has 0 spiro atoms. The second kappa shape index (κ2) is 5.92. The topological polar surface area (TPSA) is 53.2 Å². The maximum atomic E-state index is 13.1. The van der Waals surface area contributed by atoms with Crippen molar-refractivity contribution in [2.45, 2.75) is 6.92 Å². The van der Waals surface area contributed by atoms with E-state index in [0.717, 1.165) is 38.5 Å². The lowest BCUT2D eigenvalue weighted by molar-refractivity contribution is -0.134. The lowest BCUT2D eigenvalue weighted by atomic mass is 9.93. The molecule has 0 saturated heterocycles. The number of fused-ring (bicyclic) bond motifs is 2. The summed E-state index contributed by atoms with van der Waals surface area (Å²) >= 11 is 0. The number of rotatable bonds is 2. The van der Waals surface area contributed by atoms with Crippen LogP contribution in [0.1, 0.15) is 16.8 Å². The van der Waals surface area contributed by atoms with E-state index in [2.05, 4.69) is 4.98 Å². The molecule has 2 amide bonds. The van der Waals surface area contributed by atoms with Gasteiger partial charge < -0.3 is 4.98 Å². The smallest absolute Gasteiger partial charge is 0.262 e. The summed E-state index contributed by atoms with van der Waals surface area (Å²) in [6.07, 6.45) is 0. The van der Waals surface area contributed by atoms with Gasteiger partial charge in [0, 0.05) is 29.2 Å². The van der Waals surface area contributed by atoms with E-state index < -0.39 is 0 Å². The number of hydrogen-bond donors (Lipinski definition) is 1. The summed E-state index contributed by atoms with van der Waals surface area (Å²) in [7, 11) is 1.54. The summed E-state index contributed by atoms with van der Waals surface area (Å²) in [5.74, 6) is -0.527. The minimum atomic E-state index is -0.264. The van der Waals surface area contributed by atoms with Crippen LogP contribution in [-0.2, 0) is 9.59 Å². The van der Waals surface area contributed by atoms with Crippen LogP contribution >= 0.6 is 0 Å². The van der Waals surface area contributed by atoms with Crippen LogP contribution in [0.2, 0.25) is 0 Å². The monoisotopic (exact) mass is 366 g/mol. The molecule has 0 bridgehead atoms. The van der Waals surface area contributed by atoms with Gasteiger partial charge in [-0.25, -0.2) is 0 Å². The Morgan fingerprint density at radius 3 is 2.29 bits per heavy atom. The molecule has 0 saturated carbocycles. The van der Waals surface area contributed by atoms with E-state index in [0.29, 0.717) is 11.1 Å². The molecular weight excluding hydrogens is 348 g/mol. The third-order valence-corrected chi connectivity index (χ3v) is 5.47. The zero-order valence-corrected chi connectivity index (χ0v) is 15.6. The zero-order chi connectivity index (χ0) is 19.4. The number of H-pyrrole nitrogens is 1. The van der Waals surface area contributed by atoms with Gasteiger partial charge in [-0.3, -0.25) is 14.5 Å². The number of para-hydroxylation sites is 1. The Labute approximate surface area is 162 Å². The molecule has 1 aliphatic heterocycles. The molecule has 1 N–H and O–H groups in total. The van der Waals surface area contributed by atoms with Gasteiger partial charge in [0.15, 0.2) is 0 Å². The number of likely N-dealkylation sites (N-methyl/N-ethyl adjacent to an activating group) is 1. The lowest BCUT2D eigenvalue weighted by Crippen LogP contribution is -2.26. The Balaban J connectivity index is 1.84. The van der Waals surface area contributed by atoms with Crippen LogP contribution in [-0.4, -0.2) is 28.7 Å². The van der Waals surface area contributed by atoms with E-state index in [1.807, 2.05) is 73.7 Å². The zero-order valence-electron chi connectivity index (χ0n) is 15.6. The SMILES string of the molecule is Cc1[nH]c2ccccc2c1C1=C(c2ccc3ccccc3c2)C(=O)N(C)C1=O. The predicted molar refractivity (Wildman–Crippen MR) is 112 cm³/mol. The van der Waals surface area contributed by atoms with Crippen molar-refractivity contribution in [3.8, 4) is 0 Å². The molecule has 5 rings (SSSR count). The third kappa shape index (κ3) is 2.24. The van der Waals surface area contributed by atoms with E-state index in [9.17, 15) is 9.59 Å². The van der Waals surface area contributed by atoms with Crippen molar-refractivity contribution < 1.29 is 9.59 Å². The number of carbonyl (C=O) groups excluding carboxylic acids is 2. The van der Waals surface area contributed by atoms with Crippen molar-refractivity contribution >= 4 is 44.6 Å². The minimum absolute atomic E-state index is 0.263. The number of carbonyl (C=O) groups is 2. The van der Waals surface area contributed by atoms with Gasteiger partial charge in [-0.1, -0.05) is 54.6 Å². The summed E-state index contributed by atoms with van der Waals surface area (Å²) in [6, 6.07) is 21.8. The van der Waals surface area contributed by atoms with Crippen LogP contribution in [0.5, 0.6) is 0 Å². The summed E-state index contributed by atoms with van der Waals surface area (Å²) < 4.78 is 0. The Morgan fingerprint density at radius 1 is 0.786 bits per heavy atom. The molecule has 0 radical (unpaired) electrons. The van der Waals surface area contributed by atoms with Crippen LogP contribution in [0.25, 0.3) is 32.8 Å². The van der Waals surface area contributed by atoms with Crippen molar-refractivity contribution in [2.75, 3.05) is 7.05 Å². The van der Waals surface area contributed by atoms with E-state index in [4.69, 9.17) is 0 Å². The van der Waals surface area contributed by atoms with Gasteiger partial charge in [0.1, 0.15) is 0 Å². The highest BCUT2D eigenvalue weighted by atomic mass is 16.2. The normalized spacial score (nSPS) is 14.7. The molecule has 28 heavy (non-hydrogen) atoms. The fraction of sp³-hybridized carbons (Fsp3) is 0.0833. The summed E-state index contributed by atoms with van der Waals surface area (Å²) in [5.41, 5.74) is 4.34. The summed E-state index contributed by atoms with van der Waals surface area (Å²) in [4.78, 5) is 30.7. The van der Waals surface area contributed by atoms with E-state index in [-0.39, 0.29) is 11.8 Å². The molecule has 136 valence electrons. The Kier molecular flexibility index (Phi) is 3.49. The van der Waals surface area contributed by atoms with Gasteiger partial charge in [0.25, 0.3) is 11.8 Å². The summed E-state index contributed by atoms with van der Waals surface area (Å²) in [5, 5.41) is 3.09. The van der Waals surface area contributed by atoms with Gasteiger partial charge in [0.05, 0.1) is 11.1 Å². The maximum Gasteiger partial charge on any atom is 0.262 e. The van der Waals surface area contributed by atoms with Crippen LogP contribution in [0.15, 0.2) is 66.7 Å². The van der Waals surface area contributed by atoms with E-state index >= 15 is 0 Å². The largest absolute Gasteiger partial charge is 0.358 e. The number of hydrogen-bond acceptors (Lipinski definition) is 2. The number of aryl methyl sites for hydroxylation is 1. The Bertz CT molecular complexity index is 1330. The van der Waals surface area contributed by atoms with Crippen molar-refractivity contribution in [1.29, 1.82) is 0 Å². The minimum Gasteiger partial charge on any atom is -0.358 e. The van der Waals surface area contributed by atoms with Crippen LogP contribution < -0.4 is 0 Å². The highest BCUT2D eigenvalue weighted by Crippen LogP contribution is 2.40. The van der Waals surface area contributed by atoms with Gasteiger partial charge in [-0.2, -0.15) is 0 Å². The lowest BCUT2D eigenvalue weighted by Gasteiger charge is -2.07. The first kappa shape index (κ1) is 16.5. The van der Waals surface area contributed by atoms with Crippen LogP contribution in [0, 0.1) is 6.92 Å². The van der Waals surface area contributed by atoms with Crippen molar-refractivity contribution in [3.05, 3.63) is 83.6 Å². The van der Waals surface area contributed by atoms with Crippen LogP contribution in [0.4, 0.5) is 0 Å². The Morgan fingerprint density at radius 2 is 1.46 bits per heavy atom. The molecule has 4 nitrogen and oxygen atoms in total. The second-order valence-corrected chi connectivity index (χ2v) is 7.15. The molecule has 2 heterocycles. The summed E-state index contributed by atoms with van der Waals surface area (Å²) in [6.45, 7) is 1.94. The molecule has 0 atom stereocenters. The number of amides is 2. The van der Waals surface area contributed by atoms with Crippen molar-refractivity contribution in [2.24, 2.45) is 0 Å². The van der Waals surface area contributed by atoms with Crippen molar-refractivity contribution in [3.63, 3.8) is 0 Å². The molecular formula is C24H18N2O2. The quantitative estimate of drug-likeness (QED) is 0.530. The van der Waals surface area contributed by atoms with Gasteiger partial charge in [-0.05, 0) is 35.4 Å². The highest BCUT2D eigenvalue weighted by Gasteiger charge is 2.38. The number of aromatic nitrogens is 1. The molecule has 4 aromatic rings. The molecule has 4 heteroatoms. The predicted octanol–water partition coefficient (Wildman–Crippen LogP) is 4.54. The average Bonchev–Trinajstić information content (AvgIpc) is 3.15. The highest BCUT2D eigenvalue weighted by molar-refractivity contribution is 6.50. The fourth-order valence-corrected chi connectivity index (χ4v) is 4.08. The third-order valence-electron chi connectivity index (χ3n) is 5.47.